The number of hydrogen-bond acceptors (Lipinski definition) is 1. The summed E-state index contributed by atoms with van der Waals surface area (Å²) in [6, 6.07) is 27.3. The van der Waals surface area contributed by atoms with Crippen molar-refractivity contribution in [1.29, 1.82) is 0 Å². The van der Waals surface area contributed by atoms with E-state index in [1.807, 2.05) is 0 Å². The van der Waals surface area contributed by atoms with Gasteiger partial charge in [-0.15, -0.1) is 0 Å². The van der Waals surface area contributed by atoms with E-state index in [0.717, 1.165) is 0 Å². The summed E-state index contributed by atoms with van der Waals surface area (Å²) in [5.74, 6) is 0. The third kappa shape index (κ3) is 5.78. The van der Waals surface area contributed by atoms with Crippen LogP contribution in [-0.2, 0) is 16.2 Å². The maximum Gasteiger partial charge on any atom is 0.0474 e. The van der Waals surface area contributed by atoms with E-state index < -0.39 is 0 Å². The van der Waals surface area contributed by atoms with Crippen LogP contribution in [0.25, 0.3) is 16.7 Å². The minimum absolute atomic E-state index is 0.131. The average molecular weight is 564 g/mol. The third-order valence-electron chi connectivity index (χ3n) is 8.85. The number of benzene rings is 3. The van der Waals surface area contributed by atoms with Gasteiger partial charge < -0.3 is 4.90 Å². The van der Waals surface area contributed by atoms with E-state index in [1.165, 1.54) is 67.2 Å². The summed E-state index contributed by atoms with van der Waals surface area (Å²) in [6.45, 7) is 20.4. The fraction of sp³-hybridized carbons (Fsp3) is 0.286. The topological polar surface area (TPSA) is 3.24 Å². The summed E-state index contributed by atoms with van der Waals surface area (Å²) >= 11 is 0. The van der Waals surface area contributed by atoms with Crippen molar-refractivity contribution in [2.75, 3.05) is 0 Å². The van der Waals surface area contributed by atoms with E-state index in [0.29, 0.717) is 0 Å². The first kappa shape index (κ1) is 29.0. The molecule has 218 valence electrons. The summed E-state index contributed by atoms with van der Waals surface area (Å²) in [7, 11) is 0. The van der Waals surface area contributed by atoms with Gasteiger partial charge in [0.05, 0.1) is 0 Å². The van der Waals surface area contributed by atoms with E-state index >= 15 is 0 Å². The lowest BCUT2D eigenvalue weighted by Crippen LogP contribution is -2.26. The second-order valence-electron chi connectivity index (χ2n) is 15.3. The van der Waals surface area contributed by atoms with Crippen LogP contribution in [0.1, 0.15) is 95.7 Å². The fourth-order valence-electron chi connectivity index (χ4n) is 6.03. The minimum Gasteiger partial charge on any atom is -0.310 e. The Morgan fingerprint density at radius 1 is 0.326 bits per heavy atom. The monoisotopic (exact) mass is 563 g/mol. The first-order chi connectivity index (χ1) is 20.2. The highest BCUT2D eigenvalue weighted by Crippen LogP contribution is 2.43. The highest BCUT2D eigenvalue weighted by atomic mass is 15.2. The molecule has 0 fully saturated rings. The smallest absolute Gasteiger partial charge is 0.0474 e. The first-order valence-corrected chi connectivity index (χ1v) is 15.6. The molecule has 3 aromatic rings. The van der Waals surface area contributed by atoms with Crippen molar-refractivity contribution in [3.8, 4) is 0 Å². The molecule has 0 saturated heterocycles. The largest absolute Gasteiger partial charge is 0.310 e. The Morgan fingerprint density at radius 2 is 0.558 bits per heavy atom. The molecule has 0 atom stereocenters. The molecular weight excluding hydrogens is 518 g/mol. The van der Waals surface area contributed by atoms with Gasteiger partial charge in [0.15, 0.2) is 0 Å². The van der Waals surface area contributed by atoms with Crippen LogP contribution < -0.4 is 0 Å². The number of allylic oxidation sites excluding steroid dienone is 9. The maximum absolute atomic E-state index is 2.40. The van der Waals surface area contributed by atoms with Crippen molar-refractivity contribution < 1.29 is 0 Å². The minimum atomic E-state index is 0.131. The van der Waals surface area contributed by atoms with Crippen LogP contribution in [0.2, 0.25) is 0 Å². The first-order valence-electron chi connectivity index (χ1n) is 15.6. The molecule has 0 radical (unpaired) electrons. The van der Waals surface area contributed by atoms with Gasteiger partial charge in [-0.3, -0.25) is 0 Å². The van der Waals surface area contributed by atoms with Gasteiger partial charge in [0.1, 0.15) is 0 Å². The Balaban J connectivity index is 1.46. The quantitative estimate of drug-likeness (QED) is 0.306. The summed E-state index contributed by atoms with van der Waals surface area (Å²) in [5.41, 5.74) is 15.5. The van der Waals surface area contributed by atoms with Crippen LogP contribution in [0.5, 0.6) is 0 Å². The lowest BCUT2D eigenvalue weighted by molar-refractivity contribution is 0.567. The summed E-state index contributed by atoms with van der Waals surface area (Å²) in [5, 5.41) is 0. The highest BCUT2D eigenvalue weighted by Gasteiger charge is 2.28. The normalized spacial score (nSPS) is 16.8. The average Bonchev–Trinajstić information content (AvgIpc) is 2.95. The SMILES string of the molecule is CC(C)(C)c1ccc(C2=CC3=CC(c4ccc(C(C)(C)C)cc4)=CC4=CC(c5ccc(C(C)(C)C)cc5)=CC(=C2)N34)cc1. The molecule has 0 bridgehead atoms. The highest BCUT2D eigenvalue weighted by molar-refractivity contribution is 5.89. The molecule has 3 aromatic carbocycles. The van der Waals surface area contributed by atoms with E-state index in [4.69, 9.17) is 0 Å². The Kier molecular flexibility index (Phi) is 6.92. The summed E-state index contributed by atoms with van der Waals surface area (Å²) < 4.78 is 0. The Hall–Kier alpha value is -4.10. The molecule has 43 heavy (non-hydrogen) atoms. The molecule has 1 heteroatoms. The predicted octanol–water partition coefficient (Wildman–Crippen LogP) is 11.1. The van der Waals surface area contributed by atoms with E-state index in [-0.39, 0.29) is 16.2 Å². The Labute approximate surface area is 259 Å². The molecule has 3 aliphatic rings. The molecule has 3 heterocycles. The van der Waals surface area contributed by atoms with Crippen LogP contribution in [0.3, 0.4) is 0 Å². The predicted molar refractivity (Wildman–Crippen MR) is 185 cm³/mol. The van der Waals surface area contributed by atoms with Crippen molar-refractivity contribution >= 4 is 16.7 Å². The molecule has 0 spiro atoms. The van der Waals surface area contributed by atoms with Crippen LogP contribution in [0.4, 0.5) is 0 Å². The molecule has 3 aliphatic heterocycles. The van der Waals surface area contributed by atoms with Gasteiger partial charge in [0.25, 0.3) is 0 Å². The fourth-order valence-corrected chi connectivity index (χ4v) is 6.03. The van der Waals surface area contributed by atoms with Gasteiger partial charge in [-0.25, -0.2) is 0 Å². The van der Waals surface area contributed by atoms with Crippen molar-refractivity contribution in [1.82, 2.24) is 4.90 Å². The molecule has 0 aliphatic carbocycles. The van der Waals surface area contributed by atoms with E-state index in [9.17, 15) is 0 Å². The van der Waals surface area contributed by atoms with Gasteiger partial charge >= 0.3 is 0 Å². The Bertz CT molecular complexity index is 1530. The number of nitrogens with zero attached hydrogens (tertiary/aromatic N) is 1. The molecular formula is C42H45N. The Morgan fingerprint density at radius 3 is 0.767 bits per heavy atom. The maximum atomic E-state index is 2.40. The zero-order valence-electron chi connectivity index (χ0n) is 27.3. The van der Waals surface area contributed by atoms with E-state index in [2.05, 4.69) is 176 Å². The van der Waals surface area contributed by atoms with E-state index in [1.54, 1.807) is 0 Å². The molecule has 0 aromatic heterocycles. The molecule has 0 N–H and O–H groups in total. The second-order valence-corrected chi connectivity index (χ2v) is 15.3. The standard InChI is InChI=1S/C42H45N/c1-40(2,3)34-16-10-28(11-17-34)31-22-37-24-32(29-12-18-35(19-13-29)41(4,5)6)26-39-27-33(25-38(23-31)43(37)39)30-14-20-36(21-15-30)42(7,8)9/h10-27H,1-9H3. The summed E-state index contributed by atoms with van der Waals surface area (Å²) in [6.07, 6.45) is 14.1. The lowest BCUT2D eigenvalue weighted by Gasteiger charge is -2.37. The second kappa shape index (κ2) is 10.3. The van der Waals surface area contributed by atoms with Gasteiger partial charge in [0.2, 0.25) is 0 Å². The van der Waals surface area contributed by atoms with Crippen LogP contribution in [0.15, 0.2) is 126 Å². The molecule has 0 unspecified atom stereocenters. The van der Waals surface area contributed by atoms with Crippen molar-refractivity contribution in [3.63, 3.8) is 0 Å². The van der Waals surface area contributed by atoms with Crippen LogP contribution in [-0.4, -0.2) is 4.90 Å². The van der Waals surface area contributed by atoms with Gasteiger partial charge in [-0.2, -0.15) is 0 Å². The lowest BCUT2D eigenvalue weighted by atomic mass is 9.84. The molecule has 0 saturated carbocycles. The molecule has 1 nitrogen and oxygen atoms in total. The zero-order chi connectivity index (χ0) is 30.7. The van der Waals surface area contributed by atoms with Gasteiger partial charge in [0, 0.05) is 17.1 Å². The third-order valence-corrected chi connectivity index (χ3v) is 8.85. The van der Waals surface area contributed by atoms with Gasteiger partial charge in [-0.05, 0) is 103 Å². The number of rotatable bonds is 3. The number of hydrogen-bond donors (Lipinski definition) is 0. The zero-order valence-corrected chi connectivity index (χ0v) is 27.3. The van der Waals surface area contributed by atoms with Crippen LogP contribution in [0, 0.1) is 0 Å². The summed E-state index contributed by atoms with van der Waals surface area (Å²) in [4.78, 5) is 2.40. The van der Waals surface area contributed by atoms with Crippen molar-refractivity contribution in [3.05, 3.63) is 160 Å². The van der Waals surface area contributed by atoms with Crippen molar-refractivity contribution in [2.24, 2.45) is 0 Å². The van der Waals surface area contributed by atoms with Crippen molar-refractivity contribution in [2.45, 2.75) is 78.6 Å². The van der Waals surface area contributed by atoms with Crippen LogP contribution >= 0.6 is 0 Å². The molecule has 6 rings (SSSR count). The molecule has 0 amide bonds. The van der Waals surface area contributed by atoms with Gasteiger partial charge in [-0.1, -0.05) is 135 Å².